The van der Waals surface area contributed by atoms with E-state index in [2.05, 4.69) is 69.2 Å². The van der Waals surface area contributed by atoms with Crippen molar-refractivity contribution in [1.82, 2.24) is 10.2 Å². The lowest BCUT2D eigenvalue weighted by Crippen LogP contribution is -2.39. The van der Waals surface area contributed by atoms with Gasteiger partial charge in [-0.2, -0.15) is 0 Å². The molecule has 2 atom stereocenters. The van der Waals surface area contributed by atoms with Gasteiger partial charge in [-0.1, -0.05) is 50.1 Å². The van der Waals surface area contributed by atoms with E-state index in [1.165, 1.54) is 36.9 Å². The van der Waals surface area contributed by atoms with Crippen LogP contribution in [-0.4, -0.2) is 31.1 Å². The monoisotopic (exact) mass is 276 g/mol. The van der Waals surface area contributed by atoms with Crippen LogP contribution in [0.2, 0.25) is 0 Å². The van der Waals surface area contributed by atoms with Gasteiger partial charge in [0.15, 0.2) is 0 Å². The average Bonchev–Trinajstić information content (AvgIpc) is 2.48. The number of nitrogens with zero attached hydrogens (tertiary/aromatic N) is 1. The quantitative estimate of drug-likeness (QED) is 0.728. The first-order valence-electron chi connectivity index (χ1n) is 8.10. The summed E-state index contributed by atoms with van der Waals surface area (Å²) in [5.41, 5.74) is 2.72. The van der Waals surface area contributed by atoms with E-state index in [9.17, 15) is 0 Å². The summed E-state index contributed by atoms with van der Waals surface area (Å²) >= 11 is 0. The number of likely N-dealkylation sites (N-methyl/N-ethyl adjacent to an activating group) is 1. The van der Waals surface area contributed by atoms with Crippen molar-refractivity contribution in [3.63, 3.8) is 0 Å². The molecule has 1 aromatic carbocycles. The van der Waals surface area contributed by atoms with Gasteiger partial charge in [0.1, 0.15) is 0 Å². The molecule has 0 saturated heterocycles. The minimum Gasteiger partial charge on any atom is -0.312 e. The first kappa shape index (κ1) is 17.2. The molecule has 0 aliphatic rings. The Morgan fingerprint density at radius 1 is 1.15 bits per heavy atom. The number of unbranched alkanes of at least 4 members (excludes halogenated alkanes) is 1. The zero-order valence-electron chi connectivity index (χ0n) is 13.9. The molecule has 2 unspecified atom stereocenters. The standard InChI is InChI=1S/C18H32N2/c1-6-8-13-20(16(4)7-2)14-18(19-5)17-11-9-15(3)10-12-17/h9-12,16,18-19H,6-8,13-14H2,1-5H3. The molecule has 0 heterocycles. The van der Waals surface area contributed by atoms with E-state index in [-0.39, 0.29) is 0 Å². The predicted octanol–water partition coefficient (Wildman–Crippen LogP) is 4.16. The number of hydrogen-bond acceptors (Lipinski definition) is 2. The molecule has 0 saturated carbocycles. The molecule has 1 rings (SSSR count). The molecule has 114 valence electrons. The number of hydrogen-bond donors (Lipinski definition) is 1. The Morgan fingerprint density at radius 2 is 1.80 bits per heavy atom. The van der Waals surface area contributed by atoms with Gasteiger partial charge in [-0.3, -0.25) is 4.90 Å². The van der Waals surface area contributed by atoms with Crippen molar-refractivity contribution in [2.75, 3.05) is 20.1 Å². The van der Waals surface area contributed by atoms with Crippen molar-refractivity contribution in [2.24, 2.45) is 0 Å². The summed E-state index contributed by atoms with van der Waals surface area (Å²) in [5.74, 6) is 0. The Hall–Kier alpha value is -0.860. The van der Waals surface area contributed by atoms with Crippen LogP contribution in [0.15, 0.2) is 24.3 Å². The normalized spacial score (nSPS) is 14.5. The summed E-state index contributed by atoms with van der Waals surface area (Å²) in [7, 11) is 2.07. The van der Waals surface area contributed by atoms with Crippen LogP contribution in [0.25, 0.3) is 0 Å². The maximum absolute atomic E-state index is 3.48. The van der Waals surface area contributed by atoms with E-state index in [0.717, 1.165) is 6.54 Å². The first-order valence-corrected chi connectivity index (χ1v) is 8.10. The van der Waals surface area contributed by atoms with Gasteiger partial charge in [-0.15, -0.1) is 0 Å². The number of nitrogens with one attached hydrogen (secondary N) is 1. The summed E-state index contributed by atoms with van der Waals surface area (Å²) in [4.78, 5) is 2.63. The second kappa shape index (κ2) is 9.15. The summed E-state index contributed by atoms with van der Waals surface area (Å²) < 4.78 is 0. The van der Waals surface area contributed by atoms with E-state index in [0.29, 0.717) is 12.1 Å². The van der Waals surface area contributed by atoms with E-state index in [1.54, 1.807) is 0 Å². The molecule has 0 amide bonds. The van der Waals surface area contributed by atoms with E-state index in [4.69, 9.17) is 0 Å². The van der Waals surface area contributed by atoms with Crippen molar-refractivity contribution < 1.29 is 0 Å². The molecular weight excluding hydrogens is 244 g/mol. The summed E-state index contributed by atoms with van der Waals surface area (Å²) in [6.45, 7) is 11.3. The summed E-state index contributed by atoms with van der Waals surface area (Å²) in [6.07, 6.45) is 3.77. The fourth-order valence-electron chi connectivity index (χ4n) is 2.51. The van der Waals surface area contributed by atoms with Gasteiger partial charge in [-0.05, 0) is 45.8 Å². The van der Waals surface area contributed by atoms with Crippen LogP contribution in [0.3, 0.4) is 0 Å². The molecule has 0 spiro atoms. The zero-order chi connectivity index (χ0) is 15.0. The van der Waals surface area contributed by atoms with Crippen LogP contribution in [0, 0.1) is 6.92 Å². The van der Waals surface area contributed by atoms with E-state index < -0.39 is 0 Å². The summed E-state index contributed by atoms with van der Waals surface area (Å²) in [5, 5.41) is 3.48. The molecule has 1 N–H and O–H groups in total. The van der Waals surface area contributed by atoms with Gasteiger partial charge in [0, 0.05) is 18.6 Å². The SMILES string of the molecule is CCCCN(CC(NC)c1ccc(C)cc1)C(C)CC. The number of aryl methyl sites for hydroxylation is 1. The Kier molecular flexibility index (Phi) is 7.86. The molecular formula is C18H32N2. The lowest BCUT2D eigenvalue weighted by Gasteiger charge is -2.32. The van der Waals surface area contributed by atoms with Crippen LogP contribution in [0.1, 0.15) is 57.2 Å². The van der Waals surface area contributed by atoms with Gasteiger partial charge in [0.2, 0.25) is 0 Å². The van der Waals surface area contributed by atoms with Crippen LogP contribution in [0.5, 0.6) is 0 Å². The first-order chi connectivity index (χ1) is 9.62. The van der Waals surface area contributed by atoms with Crippen LogP contribution in [0.4, 0.5) is 0 Å². The highest BCUT2D eigenvalue weighted by Gasteiger charge is 2.17. The van der Waals surface area contributed by atoms with Crippen LogP contribution in [-0.2, 0) is 0 Å². The third-order valence-corrected chi connectivity index (χ3v) is 4.26. The molecule has 0 bridgehead atoms. The minimum absolute atomic E-state index is 0.418. The van der Waals surface area contributed by atoms with Gasteiger partial charge >= 0.3 is 0 Å². The van der Waals surface area contributed by atoms with E-state index in [1.807, 2.05) is 0 Å². The Balaban J connectivity index is 2.74. The van der Waals surface area contributed by atoms with Crippen molar-refractivity contribution in [3.05, 3.63) is 35.4 Å². The van der Waals surface area contributed by atoms with Gasteiger partial charge < -0.3 is 5.32 Å². The largest absolute Gasteiger partial charge is 0.312 e. The number of benzene rings is 1. The number of rotatable bonds is 9. The van der Waals surface area contributed by atoms with Crippen molar-refractivity contribution in [3.8, 4) is 0 Å². The Labute approximate surface area is 125 Å². The maximum Gasteiger partial charge on any atom is 0.0446 e. The van der Waals surface area contributed by atoms with Crippen molar-refractivity contribution in [1.29, 1.82) is 0 Å². The average molecular weight is 276 g/mol. The highest BCUT2D eigenvalue weighted by atomic mass is 15.2. The Bertz CT molecular complexity index is 358. The minimum atomic E-state index is 0.418. The van der Waals surface area contributed by atoms with E-state index >= 15 is 0 Å². The van der Waals surface area contributed by atoms with Crippen molar-refractivity contribution in [2.45, 2.75) is 59.0 Å². The fraction of sp³-hybridized carbons (Fsp3) is 0.667. The molecule has 0 aromatic heterocycles. The second-order valence-corrected chi connectivity index (χ2v) is 5.86. The lowest BCUT2D eigenvalue weighted by atomic mass is 10.0. The molecule has 1 aromatic rings. The molecule has 20 heavy (non-hydrogen) atoms. The predicted molar refractivity (Wildman–Crippen MR) is 89.2 cm³/mol. The van der Waals surface area contributed by atoms with Gasteiger partial charge in [-0.25, -0.2) is 0 Å². The smallest absolute Gasteiger partial charge is 0.0446 e. The van der Waals surface area contributed by atoms with Crippen LogP contribution >= 0.6 is 0 Å². The molecule has 0 aliphatic heterocycles. The van der Waals surface area contributed by atoms with Crippen molar-refractivity contribution >= 4 is 0 Å². The third kappa shape index (κ3) is 5.26. The molecule has 0 radical (unpaired) electrons. The Morgan fingerprint density at radius 3 is 2.30 bits per heavy atom. The maximum atomic E-state index is 3.48. The van der Waals surface area contributed by atoms with Crippen LogP contribution < -0.4 is 5.32 Å². The van der Waals surface area contributed by atoms with Gasteiger partial charge in [0.05, 0.1) is 0 Å². The lowest BCUT2D eigenvalue weighted by molar-refractivity contribution is 0.182. The highest BCUT2D eigenvalue weighted by molar-refractivity contribution is 5.24. The molecule has 0 aliphatic carbocycles. The van der Waals surface area contributed by atoms with Gasteiger partial charge in [0.25, 0.3) is 0 Å². The molecule has 0 fully saturated rings. The zero-order valence-corrected chi connectivity index (χ0v) is 13.9. The topological polar surface area (TPSA) is 15.3 Å². The third-order valence-electron chi connectivity index (χ3n) is 4.26. The second-order valence-electron chi connectivity index (χ2n) is 5.86. The molecule has 2 heteroatoms. The molecule has 2 nitrogen and oxygen atoms in total. The fourth-order valence-corrected chi connectivity index (χ4v) is 2.51. The highest BCUT2D eigenvalue weighted by Crippen LogP contribution is 2.17. The summed E-state index contributed by atoms with van der Waals surface area (Å²) in [6, 6.07) is 10.00.